The lowest BCUT2D eigenvalue weighted by atomic mass is 9.97. The highest BCUT2D eigenvalue weighted by Gasteiger charge is 2.20. The van der Waals surface area contributed by atoms with E-state index in [9.17, 15) is 9.59 Å². The standard InChI is InChI=1S/C20H22O4/c1-13(2)15-9-5-7-11-17(15)19(21)23-24-20(22)18-12-8-6-10-16(18)14(3)4/h5-14H,1-4H3. The molecule has 0 aliphatic carbocycles. The molecule has 0 spiro atoms. The zero-order valence-electron chi connectivity index (χ0n) is 14.4. The van der Waals surface area contributed by atoms with Crippen LogP contribution in [0.25, 0.3) is 0 Å². The first-order valence-corrected chi connectivity index (χ1v) is 8.02. The summed E-state index contributed by atoms with van der Waals surface area (Å²) in [6, 6.07) is 14.3. The molecule has 2 rings (SSSR count). The molecule has 0 fully saturated rings. The van der Waals surface area contributed by atoms with Crippen molar-refractivity contribution in [1.29, 1.82) is 0 Å². The molecule has 0 N–H and O–H groups in total. The molecule has 0 aliphatic heterocycles. The summed E-state index contributed by atoms with van der Waals surface area (Å²) in [4.78, 5) is 34.0. The third kappa shape index (κ3) is 4.02. The normalized spacial score (nSPS) is 10.8. The summed E-state index contributed by atoms with van der Waals surface area (Å²) in [5, 5.41) is 0. The van der Waals surface area contributed by atoms with E-state index < -0.39 is 11.9 Å². The van der Waals surface area contributed by atoms with Crippen LogP contribution in [-0.2, 0) is 9.78 Å². The van der Waals surface area contributed by atoms with Gasteiger partial charge in [-0.15, -0.1) is 0 Å². The smallest absolute Gasteiger partial charge is 0.241 e. The fourth-order valence-electron chi connectivity index (χ4n) is 2.54. The molecule has 0 atom stereocenters. The topological polar surface area (TPSA) is 52.6 Å². The minimum Gasteiger partial charge on any atom is -0.241 e. The number of carbonyl (C=O) groups is 2. The summed E-state index contributed by atoms with van der Waals surface area (Å²) in [7, 11) is 0. The van der Waals surface area contributed by atoms with Gasteiger partial charge in [0.25, 0.3) is 0 Å². The van der Waals surface area contributed by atoms with Gasteiger partial charge in [0.2, 0.25) is 0 Å². The molecule has 2 aromatic carbocycles. The average Bonchev–Trinajstić information content (AvgIpc) is 2.59. The molecule has 0 radical (unpaired) electrons. The SMILES string of the molecule is CC(C)c1ccccc1C(=O)OOC(=O)c1ccccc1C(C)C. The van der Waals surface area contributed by atoms with E-state index in [0.29, 0.717) is 11.1 Å². The van der Waals surface area contributed by atoms with Gasteiger partial charge in [0.1, 0.15) is 0 Å². The van der Waals surface area contributed by atoms with Gasteiger partial charge in [0.05, 0.1) is 11.1 Å². The molecule has 0 saturated carbocycles. The lowest BCUT2D eigenvalue weighted by Gasteiger charge is -2.12. The van der Waals surface area contributed by atoms with Crippen LogP contribution in [0.4, 0.5) is 0 Å². The Morgan fingerprint density at radius 1 is 0.667 bits per heavy atom. The fraction of sp³-hybridized carbons (Fsp3) is 0.300. The van der Waals surface area contributed by atoms with Gasteiger partial charge in [0.15, 0.2) is 0 Å². The summed E-state index contributed by atoms with van der Waals surface area (Å²) in [5.74, 6) is -1.03. The molecule has 0 heterocycles. The predicted octanol–water partition coefficient (Wildman–Crippen LogP) is 4.86. The second-order valence-electron chi connectivity index (χ2n) is 6.23. The Morgan fingerprint density at radius 3 is 1.33 bits per heavy atom. The van der Waals surface area contributed by atoms with Gasteiger partial charge in [-0.25, -0.2) is 19.4 Å². The maximum atomic E-state index is 12.2. The van der Waals surface area contributed by atoms with E-state index in [1.54, 1.807) is 24.3 Å². The van der Waals surface area contributed by atoms with Crippen molar-refractivity contribution in [3.05, 3.63) is 70.8 Å². The molecule has 0 bridgehead atoms. The van der Waals surface area contributed by atoms with E-state index in [4.69, 9.17) is 9.78 Å². The first kappa shape index (κ1) is 17.7. The summed E-state index contributed by atoms with van der Waals surface area (Å²) in [5.41, 5.74) is 2.50. The van der Waals surface area contributed by atoms with E-state index in [-0.39, 0.29) is 11.8 Å². The molecule has 4 heteroatoms. The van der Waals surface area contributed by atoms with Crippen molar-refractivity contribution < 1.29 is 19.4 Å². The Kier molecular flexibility index (Phi) is 5.74. The second-order valence-corrected chi connectivity index (χ2v) is 6.23. The number of hydrogen-bond donors (Lipinski definition) is 0. The largest absolute Gasteiger partial charge is 0.386 e. The van der Waals surface area contributed by atoms with Gasteiger partial charge in [-0.3, -0.25) is 0 Å². The van der Waals surface area contributed by atoms with E-state index in [1.165, 1.54) is 0 Å². The molecule has 0 saturated heterocycles. The van der Waals surface area contributed by atoms with E-state index in [2.05, 4.69) is 0 Å². The molecule has 0 aromatic heterocycles. The predicted molar refractivity (Wildman–Crippen MR) is 91.9 cm³/mol. The molecular formula is C20H22O4. The number of benzene rings is 2. The summed E-state index contributed by atoms with van der Waals surface area (Å²) >= 11 is 0. The lowest BCUT2D eigenvalue weighted by molar-refractivity contribution is -0.187. The molecule has 0 unspecified atom stereocenters. The number of carbonyl (C=O) groups excluding carboxylic acids is 2. The highest BCUT2D eigenvalue weighted by Crippen LogP contribution is 2.22. The first-order chi connectivity index (χ1) is 11.4. The Hall–Kier alpha value is -2.62. The summed E-state index contributed by atoms with van der Waals surface area (Å²) in [6.07, 6.45) is 0. The molecule has 0 amide bonds. The monoisotopic (exact) mass is 326 g/mol. The molecule has 24 heavy (non-hydrogen) atoms. The number of rotatable bonds is 4. The van der Waals surface area contributed by atoms with Crippen molar-refractivity contribution in [3.63, 3.8) is 0 Å². The maximum Gasteiger partial charge on any atom is 0.386 e. The van der Waals surface area contributed by atoms with Crippen LogP contribution < -0.4 is 0 Å². The van der Waals surface area contributed by atoms with E-state index in [1.807, 2.05) is 52.0 Å². The van der Waals surface area contributed by atoms with Crippen molar-refractivity contribution in [3.8, 4) is 0 Å². The van der Waals surface area contributed by atoms with Crippen LogP contribution in [0, 0.1) is 0 Å². The molecule has 4 nitrogen and oxygen atoms in total. The summed E-state index contributed by atoms with van der Waals surface area (Å²) < 4.78 is 0. The Balaban J connectivity index is 2.12. The highest BCUT2D eigenvalue weighted by atomic mass is 17.2. The Morgan fingerprint density at radius 2 is 1.00 bits per heavy atom. The van der Waals surface area contributed by atoms with Gasteiger partial charge in [-0.1, -0.05) is 64.1 Å². The van der Waals surface area contributed by atoms with E-state index >= 15 is 0 Å². The van der Waals surface area contributed by atoms with Gasteiger partial charge >= 0.3 is 11.9 Å². The molecule has 0 aliphatic rings. The highest BCUT2D eigenvalue weighted by molar-refractivity contribution is 5.94. The van der Waals surface area contributed by atoms with Crippen LogP contribution in [0.3, 0.4) is 0 Å². The van der Waals surface area contributed by atoms with Crippen molar-refractivity contribution in [2.45, 2.75) is 39.5 Å². The molecular weight excluding hydrogens is 304 g/mol. The zero-order chi connectivity index (χ0) is 17.7. The van der Waals surface area contributed by atoms with Gasteiger partial charge in [-0.2, -0.15) is 0 Å². The van der Waals surface area contributed by atoms with Crippen LogP contribution in [0.2, 0.25) is 0 Å². The molecule has 126 valence electrons. The van der Waals surface area contributed by atoms with Crippen molar-refractivity contribution in [2.24, 2.45) is 0 Å². The van der Waals surface area contributed by atoms with Crippen LogP contribution in [0.1, 0.15) is 71.4 Å². The van der Waals surface area contributed by atoms with Crippen LogP contribution in [0.5, 0.6) is 0 Å². The average molecular weight is 326 g/mol. The molecule has 2 aromatic rings. The van der Waals surface area contributed by atoms with Crippen LogP contribution >= 0.6 is 0 Å². The Labute approximate surface area is 142 Å². The van der Waals surface area contributed by atoms with Crippen LogP contribution in [-0.4, -0.2) is 11.9 Å². The third-order valence-corrected chi connectivity index (χ3v) is 3.80. The zero-order valence-corrected chi connectivity index (χ0v) is 14.4. The fourth-order valence-corrected chi connectivity index (χ4v) is 2.54. The summed E-state index contributed by atoms with van der Waals surface area (Å²) in [6.45, 7) is 7.93. The second kappa shape index (κ2) is 7.77. The van der Waals surface area contributed by atoms with E-state index in [0.717, 1.165) is 11.1 Å². The third-order valence-electron chi connectivity index (χ3n) is 3.80. The van der Waals surface area contributed by atoms with Gasteiger partial charge in [-0.05, 0) is 35.1 Å². The van der Waals surface area contributed by atoms with Gasteiger partial charge in [0, 0.05) is 0 Å². The quantitative estimate of drug-likeness (QED) is 0.594. The lowest BCUT2D eigenvalue weighted by Crippen LogP contribution is -2.15. The number of hydrogen-bond acceptors (Lipinski definition) is 4. The van der Waals surface area contributed by atoms with Crippen molar-refractivity contribution in [1.82, 2.24) is 0 Å². The Bertz CT molecular complexity index is 668. The minimum atomic E-state index is -0.672. The van der Waals surface area contributed by atoms with Crippen LogP contribution in [0.15, 0.2) is 48.5 Å². The van der Waals surface area contributed by atoms with Gasteiger partial charge < -0.3 is 0 Å². The van der Waals surface area contributed by atoms with Crippen molar-refractivity contribution in [2.75, 3.05) is 0 Å². The van der Waals surface area contributed by atoms with Crippen molar-refractivity contribution >= 4 is 11.9 Å². The first-order valence-electron chi connectivity index (χ1n) is 8.02. The minimum absolute atomic E-state index is 0.158. The maximum absolute atomic E-state index is 12.2.